The van der Waals surface area contributed by atoms with Crippen molar-refractivity contribution in [2.24, 2.45) is 0 Å². The average Bonchev–Trinajstić information content (AvgIpc) is 2.26. The quantitative estimate of drug-likeness (QED) is 0.799. The summed E-state index contributed by atoms with van der Waals surface area (Å²) in [4.78, 5) is 10.8. The first-order valence-electron chi connectivity index (χ1n) is 5.11. The summed E-state index contributed by atoms with van der Waals surface area (Å²) in [6, 6.07) is 2.00. The van der Waals surface area contributed by atoms with Crippen molar-refractivity contribution in [3.63, 3.8) is 0 Å². The van der Waals surface area contributed by atoms with Gasteiger partial charge in [0.25, 0.3) is 0 Å². The van der Waals surface area contributed by atoms with Crippen molar-refractivity contribution in [3.05, 3.63) is 28.8 Å². The van der Waals surface area contributed by atoms with Gasteiger partial charge in [0.05, 0.1) is 11.1 Å². The Balaban J connectivity index is 2.60. The normalized spacial score (nSPS) is 15.0. The molecule has 0 amide bonds. The van der Waals surface area contributed by atoms with Gasteiger partial charge >= 0.3 is 12.1 Å². The van der Waals surface area contributed by atoms with Gasteiger partial charge in [0, 0.05) is 12.2 Å². The zero-order valence-corrected chi connectivity index (χ0v) is 8.77. The van der Waals surface area contributed by atoms with Crippen molar-refractivity contribution in [1.29, 1.82) is 0 Å². The number of aryl methyl sites for hydroxylation is 1. The highest BCUT2D eigenvalue weighted by Gasteiger charge is 2.36. The fraction of sp³-hybridized carbons (Fsp3) is 0.364. The zero-order chi connectivity index (χ0) is 12.6. The number of halogens is 3. The Morgan fingerprint density at radius 1 is 1.35 bits per heavy atom. The third-order valence-electron chi connectivity index (χ3n) is 2.72. The summed E-state index contributed by atoms with van der Waals surface area (Å²) >= 11 is 0. The number of carbonyl (C=O) groups is 1. The second-order valence-electron chi connectivity index (χ2n) is 3.89. The molecule has 0 saturated carbocycles. The molecule has 0 atom stereocenters. The molecule has 1 aromatic rings. The van der Waals surface area contributed by atoms with Crippen LogP contribution in [0.1, 0.15) is 27.9 Å². The molecule has 0 radical (unpaired) electrons. The van der Waals surface area contributed by atoms with Crippen molar-refractivity contribution >= 4 is 11.7 Å². The second kappa shape index (κ2) is 3.94. The molecule has 0 saturated heterocycles. The topological polar surface area (TPSA) is 49.3 Å². The summed E-state index contributed by atoms with van der Waals surface area (Å²) in [5.74, 6) is -1.55. The van der Waals surface area contributed by atoms with Gasteiger partial charge in [-0.25, -0.2) is 4.79 Å². The summed E-state index contributed by atoms with van der Waals surface area (Å²) in [6.45, 7) is 0.608. The zero-order valence-electron chi connectivity index (χ0n) is 8.77. The molecule has 2 rings (SSSR count). The fourth-order valence-corrected chi connectivity index (χ4v) is 1.93. The second-order valence-corrected chi connectivity index (χ2v) is 3.89. The van der Waals surface area contributed by atoms with E-state index in [2.05, 4.69) is 5.32 Å². The number of alkyl halides is 3. The van der Waals surface area contributed by atoms with Gasteiger partial charge in [-0.15, -0.1) is 0 Å². The lowest BCUT2D eigenvalue weighted by molar-refractivity contribution is -0.138. The van der Waals surface area contributed by atoms with E-state index in [0.717, 1.165) is 18.6 Å². The summed E-state index contributed by atoms with van der Waals surface area (Å²) in [5.41, 5.74) is -0.770. The Hall–Kier alpha value is -1.72. The third kappa shape index (κ3) is 2.20. The van der Waals surface area contributed by atoms with Crippen LogP contribution >= 0.6 is 0 Å². The smallest absolute Gasteiger partial charge is 0.417 e. The Bertz CT molecular complexity index is 469. The fourth-order valence-electron chi connectivity index (χ4n) is 1.93. The maximum absolute atomic E-state index is 12.7. The molecule has 3 nitrogen and oxygen atoms in total. The summed E-state index contributed by atoms with van der Waals surface area (Å²) in [6.07, 6.45) is -3.26. The van der Waals surface area contributed by atoms with Gasteiger partial charge in [-0.1, -0.05) is 0 Å². The first-order valence-corrected chi connectivity index (χ1v) is 5.11. The maximum Gasteiger partial charge on any atom is 0.417 e. The molecule has 0 unspecified atom stereocenters. The Kier molecular flexibility index (Phi) is 2.73. The first-order chi connectivity index (χ1) is 7.89. The summed E-state index contributed by atoms with van der Waals surface area (Å²) in [7, 11) is 0. The molecule has 17 heavy (non-hydrogen) atoms. The number of carboxylic acids is 1. The van der Waals surface area contributed by atoms with Crippen LogP contribution in [-0.2, 0) is 12.6 Å². The van der Waals surface area contributed by atoms with Gasteiger partial charge in [0.15, 0.2) is 0 Å². The predicted octanol–water partition coefficient (Wildman–Crippen LogP) is 2.76. The number of nitrogens with one attached hydrogen (secondary N) is 1. The molecule has 0 aliphatic carbocycles. The van der Waals surface area contributed by atoms with Crippen LogP contribution in [0.5, 0.6) is 0 Å². The Morgan fingerprint density at radius 3 is 2.65 bits per heavy atom. The minimum Gasteiger partial charge on any atom is -0.478 e. The number of hydrogen-bond donors (Lipinski definition) is 2. The minimum absolute atomic E-state index is 0.383. The molecule has 1 aromatic carbocycles. The lowest BCUT2D eigenvalue weighted by atomic mass is 9.96. The molecular weight excluding hydrogens is 235 g/mol. The van der Waals surface area contributed by atoms with Crippen LogP contribution in [0.15, 0.2) is 12.1 Å². The molecule has 0 spiro atoms. The highest BCUT2D eigenvalue weighted by molar-refractivity contribution is 5.91. The monoisotopic (exact) mass is 245 g/mol. The molecule has 92 valence electrons. The van der Waals surface area contributed by atoms with Crippen LogP contribution in [0.3, 0.4) is 0 Å². The van der Waals surface area contributed by atoms with Crippen LogP contribution in [0.4, 0.5) is 18.9 Å². The number of anilines is 1. The van der Waals surface area contributed by atoms with E-state index in [9.17, 15) is 18.0 Å². The van der Waals surface area contributed by atoms with Crippen molar-refractivity contribution < 1.29 is 23.1 Å². The molecule has 0 fully saturated rings. The van der Waals surface area contributed by atoms with Gasteiger partial charge < -0.3 is 10.4 Å². The van der Waals surface area contributed by atoms with Gasteiger partial charge in [-0.3, -0.25) is 0 Å². The van der Waals surface area contributed by atoms with E-state index in [1.54, 1.807) is 0 Å². The van der Waals surface area contributed by atoms with Gasteiger partial charge in [0.2, 0.25) is 0 Å². The highest BCUT2D eigenvalue weighted by atomic mass is 19.4. The van der Waals surface area contributed by atoms with Crippen molar-refractivity contribution in [1.82, 2.24) is 0 Å². The van der Waals surface area contributed by atoms with E-state index in [4.69, 9.17) is 5.11 Å². The van der Waals surface area contributed by atoms with E-state index in [0.29, 0.717) is 24.2 Å². The maximum atomic E-state index is 12.7. The lowest BCUT2D eigenvalue weighted by Crippen LogP contribution is -2.18. The summed E-state index contributed by atoms with van der Waals surface area (Å²) in [5, 5.41) is 11.7. The Morgan fingerprint density at radius 2 is 2.06 bits per heavy atom. The number of benzene rings is 1. The average molecular weight is 245 g/mol. The van der Waals surface area contributed by atoms with E-state index in [1.165, 1.54) is 0 Å². The van der Waals surface area contributed by atoms with Crippen molar-refractivity contribution in [3.8, 4) is 0 Å². The van der Waals surface area contributed by atoms with Crippen molar-refractivity contribution in [2.75, 3.05) is 11.9 Å². The van der Waals surface area contributed by atoms with E-state index in [1.807, 2.05) is 0 Å². The number of hydrogen-bond acceptors (Lipinski definition) is 2. The highest BCUT2D eigenvalue weighted by Crippen LogP contribution is 2.36. The molecule has 1 aliphatic rings. The van der Waals surface area contributed by atoms with E-state index < -0.39 is 23.3 Å². The largest absolute Gasteiger partial charge is 0.478 e. The van der Waals surface area contributed by atoms with Crippen LogP contribution in [-0.4, -0.2) is 17.6 Å². The van der Waals surface area contributed by atoms with Gasteiger partial charge in [-0.05, 0) is 30.5 Å². The SMILES string of the molecule is O=C(O)c1cc2c(cc1C(F)(F)F)NCCC2. The van der Waals surface area contributed by atoms with Crippen LogP contribution in [0, 0.1) is 0 Å². The van der Waals surface area contributed by atoms with Crippen LogP contribution in [0.25, 0.3) is 0 Å². The van der Waals surface area contributed by atoms with Gasteiger partial charge in [0.1, 0.15) is 0 Å². The van der Waals surface area contributed by atoms with Gasteiger partial charge in [-0.2, -0.15) is 13.2 Å². The molecule has 0 aromatic heterocycles. The molecule has 1 heterocycles. The third-order valence-corrected chi connectivity index (χ3v) is 2.72. The van der Waals surface area contributed by atoms with Crippen molar-refractivity contribution in [2.45, 2.75) is 19.0 Å². The van der Waals surface area contributed by atoms with Crippen LogP contribution < -0.4 is 5.32 Å². The standard InChI is InChI=1S/C11H10F3NO2/c12-11(13,14)8-5-9-6(2-1-3-15-9)4-7(8)10(16)17/h4-5,15H,1-3H2,(H,16,17). The number of aromatic carboxylic acids is 1. The van der Waals surface area contributed by atoms with E-state index >= 15 is 0 Å². The summed E-state index contributed by atoms with van der Waals surface area (Å²) < 4.78 is 38.1. The molecule has 6 heteroatoms. The minimum atomic E-state index is -4.65. The number of carboxylic acid groups (broad SMARTS) is 1. The molecule has 2 N–H and O–H groups in total. The lowest BCUT2D eigenvalue weighted by Gasteiger charge is -2.21. The molecule has 1 aliphatic heterocycles. The molecular formula is C11H10F3NO2. The van der Waals surface area contributed by atoms with E-state index in [-0.39, 0.29) is 0 Å². The van der Waals surface area contributed by atoms with Crippen LogP contribution in [0.2, 0.25) is 0 Å². The number of rotatable bonds is 1. The molecule has 0 bridgehead atoms. The predicted molar refractivity (Wildman–Crippen MR) is 55.2 cm³/mol. The first kappa shape index (κ1) is 11.8. The Labute approximate surface area is 95.3 Å². The number of fused-ring (bicyclic) bond motifs is 1.